The van der Waals surface area contributed by atoms with Gasteiger partial charge in [0.15, 0.2) is 0 Å². The second-order valence-corrected chi connectivity index (χ2v) is 15.3. The first-order valence-corrected chi connectivity index (χ1v) is 19.9. The Morgan fingerprint density at radius 1 is 1.04 bits per heavy atom. The van der Waals surface area contributed by atoms with Crippen molar-refractivity contribution in [1.29, 1.82) is 0 Å². The smallest absolute Gasteiger partial charge is 0.337 e. The number of ether oxygens (including phenoxy) is 4. The average molecular weight is 801 g/mol. The molecule has 1 fully saturated rings. The van der Waals surface area contributed by atoms with Crippen molar-refractivity contribution in [3.05, 3.63) is 74.6 Å². The lowest BCUT2D eigenvalue weighted by atomic mass is 9.80. The van der Waals surface area contributed by atoms with Crippen molar-refractivity contribution in [1.82, 2.24) is 5.32 Å². The van der Waals surface area contributed by atoms with E-state index in [1.165, 1.54) is 32.4 Å². The van der Waals surface area contributed by atoms with Gasteiger partial charge < -0.3 is 34.5 Å². The van der Waals surface area contributed by atoms with Crippen LogP contribution in [0.4, 0.5) is 5.69 Å². The molecule has 2 aliphatic rings. The number of rotatable bonds is 21. The largest absolute Gasteiger partial charge is 0.469 e. The summed E-state index contributed by atoms with van der Waals surface area (Å²) in [5.41, 5.74) is 0.927. The molecule has 14 heteroatoms. The van der Waals surface area contributed by atoms with Crippen LogP contribution in [0.1, 0.15) is 124 Å². The van der Waals surface area contributed by atoms with Crippen LogP contribution in [0.5, 0.6) is 0 Å². The molecule has 318 valence electrons. The number of dihydropyridines is 1. The molecular formula is C43H64N2O12. The van der Waals surface area contributed by atoms with Gasteiger partial charge in [0.1, 0.15) is 12.4 Å². The number of Topliss-reactive ketones (excluding diaryl/α,β-unsaturated/α-hetero) is 1. The normalized spacial score (nSPS) is 20.5. The van der Waals surface area contributed by atoms with Crippen LogP contribution in [-0.2, 0) is 38.1 Å². The number of nitro groups is 1. The highest BCUT2D eigenvalue weighted by molar-refractivity contribution is 6.00. The lowest BCUT2D eigenvalue weighted by molar-refractivity contribution is -0.384. The molecule has 1 aromatic rings. The Bertz CT molecular complexity index is 1610. The molecule has 5 atom stereocenters. The first-order valence-electron chi connectivity index (χ1n) is 19.9. The van der Waals surface area contributed by atoms with E-state index in [0.717, 1.165) is 51.4 Å². The number of hydrogen-bond donors (Lipinski definition) is 3. The summed E-state index contributed by atoms with van der Waals surface area (Å²) in [4.78, 5) is 59.9. The Hall–Kier alpha value is -4.40. The minimum absolute atomic E-state index is 0.0300. The third kappa shape index (κ3) is 15.8. The quantitative estimate of drug-likeness (QED) is 0.0289. The van der Waals surface area contributed by atoms with Gasteiger partial charge in [-0.3, -0.25) is 19.7 Å². The second-order valence-electron chi connectivity index (χ2n) is 15.3. The minimum atomic E-state index is -0.882. The second kappa shape index (κ2) is 24.4. The summed E-state index contributed by atoms with van der Waals surface area (Å²) in [7, 11) is 2.88. The molecule has 57 heavy (non-hydrogen) atoms. The Labute approximate surface area is 337 Å². The number of non-ortho nitro benzene ring substituents is 1. The predicted octanol–water partition coefficient (Wildman–Crippen LogP) is 6.92. The van der Waals surface area contributed by atoms with E-state index in [9.17, 15) is 39.5 Å². The van der Waals surface area contributed by atoms with Crippen LogP contribution in [0.3, 0.4) is 0 Å². The van der Waals surface area contributed by atoms with E-state index in [-0.39, 0.29) is 66.2 Å². The lowest BCUT2D eigenvalue weighted by Crippen LogP contribution is -2.33. The zero-order chi connectivity index (χ0) is 42.7. The number of benzene rings is 1. The van der Waals surface area contributed by atoms with Gasteiger partial charge in [0.25, 0.3) is 5.69 Å². The Morgan fingerprint density at radius 3 is 2.32 bits per heavy atom. The SMILES string of the molecule is CCCCC(C)(O)C/C=C/[C@H]1[C@H](O)CC(=O)[C@@H]1CCCCCCC(=O)OC.COCCOC(=O)C1=C(C)NC(C)=C(C(=O)OC(C)C)C1c1cccc([N+](=O)[O-])c1. The van der Waals surface area contributed by atoms with Crippen molar-refractivity contribution >= 4 is 29.4 Å². The standard InChI is InChI=1S/C22H38O5.C21H26N2O7/c1-4-5-14-22(2,26)15-10-12-18-17(19(23)16-20(18)24)11-8-6-7-9-13-21(25)27-3;1-12(2)30-21(25)18-14(4)22-13(3)17(20(24)29-10-9-28-5)19(18)15-7-6-8-16(11-15)23(26)27/h10,12,17-18,20,24,26H,4-9,11,13-16H2,1-3H3;6-8,11-12,19,22H,9-10H2,1-5H3/b12-10+;/t17-,18-,20-,22?;/m1./s1. The zero-order valence-corrected chi connectivity index (χ0v) is 35.0. The number of hydrogen-bond acceptors (Lipinski definition) is 13. The van der Waals surface area contributed by atoms with Crippen LogP contribution >= 0.6 is 0 Å². The summed E-state index contributed by atoms with van der Waals surface area (Å²) >= 11 is 0. The van der Waals surface area contributed by atoms with Crippen molar-refractivity contribution in [3.8, 4) is 0 Å². The van der Waals surface area contributed by atoms with Gasteiger partial charge in [-0.05, 0) is 65.9 Å². The van der Waals surface area contributed by atoms with E-state index in [1.54, 1.807) is 33.8 Å². The lowest BCUT2D eigenvalue weighted by Gasteiger charge is -2.30. The van der Waals surface area contributed by atoms with E-state index in [0.29, 0.717) is 29.8 Å². The first-order chi connectivity index (χ1) is 27.0. The number of unbranched alkanes of at least 4 members (excludes halogenated alkanes) is 4. The monoisotopic (exact) mass is 800 g/mol. The van der Waals surface area contributed by atoms with Crippen LogP contribution in [-0.4, -0.2) is 84.1 Å². The van der Waals surface area contributed by atoms with Crippen LogP contribution in [0.2, 0.25) is 0 Å². The number of ketones is 1. The fourth-order valence-corrected chi connectivity index (χ4v) is 7.08. The van der Waals surface area contributed by atoms with Gasteiger partial charge in [0.05, 0.1) is 53.5 Å². The van der Waals surface area contributed by atoms with E-state index >= 15 is 0 Å². The predicted molar refractivity (Wildman–Crippen MR) is 215 cm³/mol. The topological polar surface area (TPSA) is 201 Å². The molecule has 0 radical (unpaired) electrons. The molecule has 1 aliphatic carbocycles. The fraction of sp³-hybridized carbons (Fsp3) is 0.628. The molecule has 0 bridgehead atoms. The highest BCUT2D eigenvalue weighted by Crippen LogP contribution is 2.40. The molecule has 1 heterocycles. The van der Waals surface area contributed by atoms with Crippen molar-refractivity contribution < 1.29 is 53.3 Å². The summed E-state index contributed by atoms with van der Waals surface area (Å²) in [6.45, 7) is 11.0. The number of nitrogens with zero attached hydrogens (tertiary/aromatic N) is 1. The van der Waals surface area contributed by atoms with Crippen LogP contribution in [0.25, 0.3) is 0 Å². The Kier molecular flexibility index (Phi) is 20.9. The number of esters is 3. The molecule has 1 aliphatic heterocycles. The molecule has 1 saturated carbocycles. The van der Waals surface area contributed by atoms with Crippen molar-refractivity contribution in [2.24, 2.45) is 11.8 Å². The van der Waals surface area contributed by atoms with Gasteiger partial charge in [0.2, 0.25) is 0 Å². The average Bonchev–Trinajstić information content (AvgIpc) is 3.42. The highest BCUT2D eigenvalue weighted by atomic mass is 16.6. The van der Waals surface area contributed by atoms with Crippen molar-refractivity contribution in [2.45, 2.75) is 136 Å². The fourth-order valence-electron chi connectivity index (χ4n) is 7.08. The highest BCUT2D eigenvalue weighted by Gasteiger charge is 2.40. The first kappa shape index (κ1) is 48.7. The number of allylic oxidation sites excluding steroid dienone is 2. The molecule has 3 N–H and O–H groups in total. The van der Waals surface area contributed by atoms with E-state index in [4.69, 9.17) is 14.2 Å². The van der Waals surface area contributed by atoms with Crippen LogP contribution in [0, 0.1) is 22.0 Å². The third-order valence-corrected chi connectivity index (χ3v) is 10.1. The maximum Gasteiger partial charge on any atom is 0.337 e. The molecule has 0 amide bonds. The Balaban J connectivity index is 0.000000396. The number of aliphatic hydroxyl groups is 2. The maximum atomic E-state index is 12.9. The summed E-state index contributed by atoms with van der Waals surface area (Å²) in [5.74, 6) is -2.44. The van der Waals surface area contributed by atoms with Gasteiger partial charge in [-0.15, -0.1) is 0 Å². The molecule has 0 aromatic heterocycles. The number of aliphatic hydroxyl groups excluding tert-OH is 1. The molecule has 2 unspecified atom stereocenters. The summed E-state index contributed by atoms with van der Waals surface area (Å²) in [6.07, 6.45) is 11.3. The van der Waals surface area contributed by atoms with Crippen molar-refractivity contribution in [3.63, 3.8) is 0 Å². The van der Waals surface area contributed by atoms with E-state index < -0.39 is 34.5 Å². The summed E-state index contributed by atoms with van der Waals surface area (Å²) in [5, 5.41) is 34.9. The molecule has 0 spiro atoms. The van der Waals surface area contributed by atoms with E-state index in [1.807, 2.05) is 19.1 Å². The third-order valence-electron chi connectivity index (χ3n) is 10.1. The molecule has 14 nitrogen and oxygen atoms in total. The number of carbonyl (C=O) groups is 4. The van der Waals surface area contributed by atoms with Crippen LogP contribution < -0.4 is 5.32 Å². The molecule has 3 rings (SSSR count). The van der Waals surface area contributed by atoms with Gasteiger partial charge in [-0.25, -0.2) is 9.59 Å². The zero-order valence-electron chi connectivity index (χ0n) is 35.0. The van der Waals surface area contributed by atoms with Gasteiger partial charge in [0, 0.05) is 55.3 Å². The maximum absolute atomic E-state index is 12.9. The minimum Gasteiger partial charge on any atom is -0.469 e. The Morgan fingerprint density at radius 2 is 1.70 bits per heavy atom. The molecule has 1 aromatic carbocycles. The molecule has 0 saturated heterocycles. The number of methoxy groups -OCH3 is 2. The number of nitrogens with one attached hydrogen (secondary N) is 1. The number of carbonyl (C=O) groups excluding carboxylic acids is 4. The number of nitro benzene ring substituents is 1. The summed E-state index contributed by atoms with van der Waals surface area (Å²) < 4.78 is 20.2. The van der Waals surface area contributed by atoms with E-state index in [2.05, 4.69) is 17.0 Å². The van der Waals surface area contributed by atoms with Crippen molar-refractivity contribution in [2.75, 3.05) is 27.4 Å². The van der Waals surface area contributed by atoms with Gasteiger partial charge >= 0.3 is 17.9 Å². The van der Waals surface area contributed by atoms with Gasteiger partial charge in [-0.1, -0.05) is 63.3 Å². The summed E-state index contributed by atoms with van der Waals surface area (Å²) in [6, 6.07) is 5.84. The molecular weight excluding hydrogens is 736 g/mol. The van der Waals surface area contributed by atoms with Gasteiger partial charge in [-0.2, -0.15) is 0 Å². The van der Waals surface area contributed by atoms with Crippen LogP contribution in [0.15, 0.2) is 59.0 Å².